The van der Waals surface area contributed by atoms with Crippen molar-refractivity contribution in [3.8, 4) is 0 Å². The number of nitrogens with one attached hydrogen (secondary N) is 1. The highest BCUT2D eigenvalue weighted by atomic mass is 79.9. The van der Waals surface area contributed by atoms with E-state index in [-0.39, 0.29) is 5.69 Å². The molecule has 2 rings (SSSR count). The summed E-state index contributed by atoms with van der Waals surface area (Å²) in [5.41, 5.74) is 0.973. The number of hydrogen-bond acceptors (Lipinski definition) is 3. The lowest BCUT2D eigenvalue weighted by atomic mass is 10.2. The number of nitro benzene ring substituents is 1. The van der Waals surface area contributed by atoms with Crippen molar-refractivity contribution in [3.05, 3.63) is 67.4 Å². The normalized spacial score (nSPS) is 10.3. The van der Waals surface area contributed by atoms with Gasteiger partial charge in [0.1, 0.15) is 5.82 Å². The molecule has 0 bridgehead atoms. The zero-order valence-electron chi connectivity index (χ0n) is 10.1. The van der Waals surface area contributed by atoms with Crippen LogP contribution in [0.3, 0.4) is 0 Å². The monoisotopic (exact) mass is 358 g/mol. The lowest BCUT2D eigenvalue weighted by molar-refractivity contribution is -0.385. The Morgan fingerprint density at radius 2 is 2.05 bits per heavy atom. The fraction of sp³-hybridized carbons (Fsp3) is 0.0769. The number of nitro groups is 1. The van der Waals surface area contributed by atoms with E-state index in [1.165, 1.54) is 12.1 Å². The molecule has 104 valence electrons. The first-order valence-corrected chi connectivity index (χ1v) is 6.75. The van der Waals surface area contributed by atoms with Crippen molar-refractivity contribution >= 4 is 38.9 Å². The Kier molecular flexibility index (Phi) is 4.57. The Labute approximate surface area is 127 Å². The fourth-order valence-electron chi connectivity index (χ4n) is 1.64. The largest absolute Gasteiger partial charge is 0.381 e. The molecule has 0 radical (unpaired) electrons. The number of nitrogens with zero attached hydrogens (tertiary/aromatic N) is 1. The first kappa shape index (κ1) is 14.7. The molecule has 0 saturated carbocycles. The van der Waals surface area contributed by atoms with Gasteiger partial charge in [-0.1, -0.05) is 17.7 Å². The minimum atomic E-state index is -0.654. The van der Waals surface area contributed by atoms with Crippen LogP contribution in [0.1, 0.15) is 5.56 Å². The van der Waals surface area contributed by atoms with E-state index in [0.29, 0.717) is 17.3 Å². The number of hydrogen-bond donors (Lipinski definition) is 1. The first-order valence-electron chi connectivity index (χ1n) is 5.58. The SMILES string of the molecule is O=[N+]([O-])c1cc(F)cc(NCc2ccc(Cl)c(Br)c2)c1. The molecule has 0 amide bonds. The average Bonchev–Trinajstić information content (AvgIpc) is 2.39. The Morgan fingerprint density at radius 1 is 1.30 bits per heavy atom. The third-order valence-electron chi connectivity index (χ3n) is 2.57. The van der Waals surface area contributed by atoms with E-state index in [1.54, 1.807) is 6.07 Å². The molecule has 20 heavy (non-hydrogen) atoms. The van der Waals surface area contributed by atoms with Gasteiger partial charge in [-0.15, -0.1) is 0 Å². The topological polar surface area (TPSA) is 55.2 Å². The highest BCUT2D eigenvalue weighted by molar-refractivity contribution is 9.10. The molecule has 0 spiro atoms. The maximum Gasteiger partial charge on any atom is 0.274 e. The Morgan fingerprint density at radius 3 is 2.70 bits per heavy atom. The molecule has 2 aromatic rings. The summed E-state index contributed by atoms with van der Waals surface area (Å²) in [6.45, 7) is 0.399. The van der Waals surface area contributed by atoms with Crippen LogP contribution >= 0.6 is 27.5 Å². The standard InChI is InChI=1S/C13H9BrClFN2O2/c14-12-3-8(1-2-13(12)15)7-17-10-4-9(16)5-11(6-10)18(19)20/h1-6,17H,7H2. The fourth-order valence-corrected chi connectivity index (χ4v) is 2.18. The van der Waals surface area contributed by atoms with Crippen molar-refractivity contribution < 1.29 is 9.31 Å². The number of halogens is 3. The average molecular weight is 360 g/mol. The maximum atomic E-state index is 13.3. The molecule has 1 N–H and O–H groups in total. The van der Waals surface area contributed by atoms with Gasteiger partial charge in [0, 0.05) is 22.8 Å². The molecule has 0 aliphatic heterocycles. The van der Waals surface area contributed by atoms with Crippen LogP contribution in [0.15, 0.2) is 40.9 Å². The minimum absolute atomic E-state index is 0.287. The van der Waals surface area contributed by atoms with Crippen molar-refractivity contribution in [1.82, 2.24) is 0 Å². The summed E-state index contributed by atoms with van der Waals surface area (Å²) in [6, 6.07) is 8.74. The molecular weight excluding hydrogens is 351 g/mol. The maximum absolute atomic E-state index is 13.3. The summed E-state index contributed by atoms with van der Waals surface area (Å²) in [4.78, 5) is 10.0. The predicted molar refractivity (Wildman–Crippen MR) is 79.5 cm³/mol. The first-order chi connectivity index (χ1) is 9.45. The quantitative estimate of drug-likeness (QED) is 0.632. The van der Waals surface area contributed by atoms with E-state index in [1.807, 2.05) is 12.1 Å². The van der Waals surface area contributed by atoms with E-state index < -0.39 is 10.7 Å². The lowest BCUT2D eigenvalue weighted by Crippen LogP contribution is -2.01. The van der Waals surface area contributed by atoms with E-state index in [4.69, 9.17) is 11.6 Å². The van der Waals surface area contributed by atoms with Crippen LogP contribution in [0.25, 0.3) is 0 Å². The molecule has 0 unspecified atom stereocenters. The van der Waals surface area contributed by atoms with Gasteiger partial charge in [-0.25, -0.2) is 4.39 Å². The molecule has 2 aromatic carbocycles. The Bertz CT molecular complexity index is 667. The van der Waals surface area contributed by atoms with Crippen molar-refractivity contribution in [1.29, 1.82) is 0 Å². The molecular formula is C13H9BrClFN2O2. The van der Waals surface area contributed by atoms with Crippen LogP contribution in [0, 0.1) is 15.9 Å². The molecule has 0 aliphatic carbocycles. The molecule has 0 atom stereocenters. The Balaban J connectivity index is 2.14. The molecule has 4 nitrogen and oxygen atoms in total. The van der Waals surface area contributed by atoms with E-state index >= 15 is 0 Å². The number of non-ortho nitro benzene ring substituents is 1. The van der Waals surface area contributed by atoms with Gasteiger partial charge in [-0.3, -0.25) is 10.1 Å². The summed E-state index contributed by atoms with van der Waals surface area (Å²) < 4.78 is 14.0. The van der Waals surface area contributed by atoms with Crippen LogP contribution in [0.2, 0.25) is 5.02 Å². The molecule has 7 heteroatoms. The van der Waals surface area contributed by atoms with Gasteiger partial charge in [-0.05, 0) is 39.7 Å². The van der Waals surface area contributed by atoms with Gasteiger partial charge in [0.15, 0.2) is 0 Å². The van der Waals surface area contributed by atoms with Crippen LogP contribution in [-0.4, -0.2) is 4.92 Å². The van der Waals surface area contributed by atoms with Crippen molar-refractivity contribution in [2.24, 2.45) is 0 Å². The van der Waals surface area contributed by atoms with Gasteiger partial charge >= 0.3 is 0 Å². The van der Waals surface area contributed by atoms with Gasteiger partial charge < -0.3 is 5.32 Å². The summed E-state index contributed by atoms with van der Waals surface area (Å²) >= 11 is 9.19. The summed E-state index contributed by atoms with van der Waals surface area (Å²) in [6.07, 6.45) is 0. The van der Waals surface area contributed by atoms with E-state index in [9.17, 15) is 14.5 Å². The lowest BCUT2D eigenvalue weighted by Gasteiger charge is -2.07. The van der Waals surface area contributed by atoms with Crippen molar-refractivity contribution in [3.63, 3.8) is 0 Å². The van der Waals surface area contributed by atoms with Gasteiger partial charge in [0.05, 0.1) is 16.0 Å². The zero-order chi connectivity index (χ0) is 14.7. The minimum Gasteiger partial charge on any atom is -0.381 e. The number of rotatable bonds is 4. The van der Waals surface area contributed by atoms with E-state index in [0.717, 1.165) is 16.1 Å². The molecule has 0 fully saturated rings. The van der Waals surface area contributed by atoms with Crippen LogP contribution in [0.4, 0.5) is 15.8 Å². The Hall–Kier alpha value is -1.66. The van der Waals surface area contributed by atoms with Crippen molar-refractivity contribution in [2.45, 2.75) is 6.54 Å². The highest BCUT2D eigenvalue weighted by Crippen LogP contribution is 2.24. The third-order valence-corrected chi connectivity index (χ3v) is 3.79. The number of anilines is 1. The number of benzene rings is 2. The summed E-state index contributed by atoms with van der Waals surface area (Å²) in [7, 11) is 0. The van der Waals surface area contributed by atoms with Gasteiger partial charge in [-0.2, -0.15) is 0 Å². The molecule has 0 heterocycles. The second kappa shape index (κ2) is 6.19. The van der Waals surface area contributed by atoms with Gasteiger partial charge in [0.2, 0.25) is 0 Å². The van der Waals surface area contributed by atoms with E-state index in [2.05, 4.69) is 21.2 Å². The van der Waals surface area contributed by atoms with Crippen molar-refractivity contribution in [2.75, 3.05) is 5.32 Å². The molecule has 0 saturated heterocycles. The predicted octanol–water partition coefficient (Wildman–Crippen LogP) is 4.76. The second-order valence-corrected chi connectivity index (χ2v) is 5.32. The van der Waals surface area contributed by atoms with Crippen LogP contribution in [-0.2, 0) is 6.54 Å². The highest BCUT2D eigenvalue weighted by Gasteiger charge is 2.09. The third kappa shape index (κ3) is 3.68. The smallest absolute Gasteiger partial charge is 0.274 e. The van der Waals surface area contributed by atoms with Gasteiger partial charge in [0.25, 0.3) is 5.69 Å². The summed E-state index contributed by atoms with van der Waals surface area (Å²) in [5, 5.41) is 14.2. The summed E-state index contributed by atoms with van der Waals surface area (Å²) in [5.74, 6) is -0.654. The zero-order valence-corrected chi connectivity index (χ0v) is 12.4. The van der Waals surface area contributed by atoms with Crippen LogP contribution < -0.4 is 5.32 Å². The molecule has 0 aliphatic rings. The van der Waals surface area contributed by atoms with Crippen LogP contribution in [0.5, 0.6) is 0 Å². The molecule has 0 aromatic heterocycles. The second-order valence-electron chi connectivity index (χ2n) is 4.06.